The highest BCUT2D eigenvalue weighted by atomic mass is 79.9. The van der Waals surface area contributed by atoms with E-state index in [4.69, 9.17) is 10.5 Å². The second kappa shape index (κ2) is 5.67. The smallest absolute Gasteiger partial charge is 0.233 e. The van der Waals surface area contributed by atoms with Crippen LogP contribution >= 0.6 is 15.9 Å². The van der Waals surface area contributed by atoms with Crippen LogP contribution in [0.25, 0.3) is 0 Å². The van der Waals surface area contributed by atoms with Crippen LogP contribution in [0.4, 0.5) is 5.95 Å². The highest BCUT2D eigenvalue weighted by molar-refractivity contribution is 9.10. The molecule has 2 unspecified atom stereocenters. The lowest BCUT2D eigenvalue weighted by Crippen LogP contribution is -2.25. The summed E-state index contributed by atoms with van der Waals surface area (Å²) in [6.45, 7) is 2.24. The molecule has 2 N–H and O–H groups in total. The maximum Gasteiger partial charge on any atom is 0.233 e. The van der Waals surface area contributed by atoms with Crippen LogP contribution in [-0.4, -0.2) is 16.1 Å². The first-order valence-corrected chi connectivity index (χ1v) is 6.93. The van der Waals surface area contributed by atoms with Crippen molar-refractivity contribution in [2.45, 2.75) is 45.1 Å². The van der Waals surface area contributed by atoms with Crippen LogP contribution in [0, 0.1) is 5.92 Å². The fourth-order valence-corrected chi connectivity index (χ4v) is 2.61. The van der Waals surface area contributed by atoms with Crippen molar-refractivity contribution >= 4 is 21.9 Å². The van der Waals surface area contributed by atoms with Crippen LogP contribution in [-0.2, 0) is 0 Å². The number of nitrogens with zero attached hydrogens (tertiary/aromatic N) is 2. The van der Waals surface area contributed by atoms with E-state index < -0.39 is 0 Å². The lowest BCUT2D eigenvalue weighted by molar-refractivity contribution is 0.116. The largest absolute Gasteiger partial charge is 0.473 e. The Hall–Kier alpha value is -0.840. The monoisotopic (exact) mass is 299 g/mol. The van der Waals surface area contributed by atoms with E-state index in [1.54, 1.807) is 6.20 Å². The summed E-state index contributed by atoms with van der Waals surface area (Å²) in [5.74, 6) is 1.61. The van der Waals surface area contributed by atoms with Crippen LogP contribution in [0.5, 0.6) is 5.88 Å². The molecule has 4 nitrogen and oxygen atoms in total. The topological polar surface area (TPSA) is 61.0 Å². The lowest BCUT2D eigenvalue weighted by atomic mass is 9.85. The third kappa shape index (κ3) is 3.31. The maximum atomic E-state index is 5.92. The number of nitrogen functional groups attached to an aromatic ring is 1. The number of halogens is 1. The summed E-state index contributed by atoms with van der Waals surface area (Å²) in [7, 11) is 0. The van der Waals surface area contributed by atoms with Crippen molar-refractivity contribution in [3.63, 3.8) is 0 Å². The SMILES string of the molecule is CCC1CCCC(Oc2nc(N)ncc2Br)C1. The Morgan fingerprint density at radius 2 is 2.35 bits per heavy atom. The minimum atomic E-state index is 0.256. The van der Waals surface area contributed by atoms with E-state index in [1.807, 2.05) is 0 Å². The summed E-state index contributed by atoms with van der Waals surface area (Å²) in [5.41, 5.74) is 5.56. The minimum Gasteiger partial charge on any atom is -0.473 e. The predicted octanol–water partition coefficient (Wildman–Crippen LogP) is 3.17. The number of rotatable bonds is 3. The number of anilines is 1. The standard InChI is InChI=1S/C12H18BrN3O/c1-2-8-4-3-5-9(6-8)17-11-10(13)7-15-12(14)16-11/h7-9H,2-6H2,1H3,(H2,14,15,16). The first-order valence-electron chi connectivity index (χ1n) is 6.13. The van der Waals surface area contributed by atoms with Gasteiger partial charge in [0.05, 0.1) is 10.7 Å². The van der Waals surface area contributed by atoms with E-state index in [0.717, 1.165) is 23.2 Å². The summed E-state index contributed by atoms with van der Waals surface area (Å²) < 4.78 is 6.69. The molecule has 0 radical (unpaired) electrons. The fraction of sp³-hybridized carbons (Fsp3) is 0.667. The average Bonchev–Trinajstić information content (AvgIpc) is 2.34. The van der Waals surface area contributed by atoms with Crippen molar-refractivity contribution in [2.24, 2.45) is 5.92 Å². The van der Waals surface area contributed by atoms with E-state index >= 15 is 0 Å². The van der Waals surface area contributed by atoms with Gasteiger partial charge in [-0.3, -0.25) is 0 Å². The Morgan fingerprint density at radius 3 is 3.12 bits per heavy atom. The molecule has 0 bridgehead atoms. The Bertz CT molecular complexity index is 386. The second-order valence-electron chi connectivity index (χ2n) is 4.56. The molecule has 0 aromatic carbocycles. The van der Waals surface area contributed by atoms with Gasteiger partial charge in [-0.2, -0.15) is 4.98 Å². The molecule has 94 valence electrons. The van der Waals surface area contributed by atoms with E-state index in [2.05, 4.69) is 32.8 Å². The highest BCUT2D eigenvalue weighted by Crippen LogP contribution is 2.31. The Balaban J connectivity index is 2.02. The van der Waals surface area contributed by atoms with Gasteiger partial charge in [0.2, 0.25) is 11.8 Å². The van der Waals surface area contributed by atoms with Gasteiger partial charge in [-0.15, -0.1) is 0 Å². The Kier molecular flexibility index (Phi) is 4.20. The molecule has 1 aromatic heterocycles. The molecular weight excluding hydrogens is 282 g/mol. The summed E-state index contributed by atoms with van der Waals surface area (Å²) in [5, 5.41) is 0. The van der Waals surface area contributed by atoms with Crippen LogP contribution in [0.15, 0.2) is 10.7 Å². The average molecular weight is 300 g/mol. The number of nitrogens with two attached hydrogens (primary N) is 1. The predicted molar refractivity (Wildman–Crippen MR) is 70.8 cm³/mol. The molecule has 17 heavy (non-hydrogen) atoms. The first kappa shape index (κ1) is 12.6. The Labute approximate surface area is 110 Å². The van der Waals surface area contributed by atoms with Crippen LogP contribution in [0.2, 0.25) is 0 Å². The Morgan fingerprint density at radius 1 is 1.53 bits per heavy atom. The first-order chi connectivity index (χ1) is 8.19. The van der Waals surface area contributed by atoms with Crippen molar-refractivity contribution in [1.29, 1.82) is 0 Å². The minimum absolute atomic E-state index is 0.256. The second-order valence-corrected chi connectivity index (χ2v) is 5.42. The third-order valence-electron chi connectivity index (χ3n) is 3.32. The zero-order valence-corrected chi connectivity index (χ0v) is 11.6. The van der Waals surface area contributed by atoms with E-state index in [1.165, 1.54) is 19.3 Å². The molecular formula is C12H18BrN3O. The van der Waals surface area contributed by atoms with Gasteiger partial charge in [0.15, 0.2) is 0 Å². The molecule has 0 amide bonds. The summed E-state index contributed by atoms with van der Waals surface area (Å²) in [6, 6.07) is 0. The molecule has 1 saturated carbocycles. The molecule has 0 spiro atoms. The third-order valence-corrected chi connectivity index (χ3v) is 3.86. The van der Waals surface area contributed by atoms with E-state index in [-0.39, 0.29) is 12.1 Å². The molecule has 1 aliphatic carbocycles. The van der Waals surface area contributed by atoms with Crippen molar-refractivity contribution in [2.75, 3.05) is 5.73 Å². The molecule has 0 aliphatic heterocycles. The van der Waals surface area contributed by atoms with Gasteiger partial charge in [-0.25, -0.2) is 4.98 Å². The van der Waals surface area contributed by atoms with Gasteiger partial charge >= 0.3 is 0 Å². The van der Waals surface area contributed by atoms with E-state index in [9.17, 15) is 0 Å². The molecule has 1 fully saturated rings. The molecule has 2 rings (SSSR count). The van der Waals surface area contributed by atoms with E-state index in [0.29, 0.717) is 5.88 Å². The molecule has 2 atom stereocenters. The molecule has 0 saturated heterocycles. The van der Waals surface area contributed by atoms with Crippen molar-refractivity contribution in [3.8, 4) is 5.88 Å². The molecule has 1 heterocycles. The van der Waals surface area contributed by atoms with Gasteiger partial charge in [0.25, 0.3) is 0 Å². The van der Waals surface area contributed by atoms with Crippen molar-refractivity contribution in [1.82, 2.24) is 9.97 Å². The zero-order valence-electron chi connectivity index (χ0n) is 10.0. The van der Waals surface area contributed by atoms with Gasteiger partial charge in [0, 0.05) is 0 Å². The highest BCUT2D eigenvalue weighted by Gasteiger charge is 2.23. The van der Waals surface area contributed by atoms with Crippen molar-refractivity contribution in [3.05, 3.63) is 10.7 Å². The number of ether oxygens (including phenoxy) is 1. The normalized spacial score (nSPS) is 24.6. The summed E-state index contributed by atoms with van der Waals surface area (Å²) >= 11 is 3.38. The lowest BCUT2D eigenvalue weighted by Gasteiger charge is -2.28. The molecule has 1 aliphatic rings. The zero-order chi connectivity index (χ0) is 12.3. The van der Waals surface area contributed by atoms with Crippen LogP contribution < -0.4 is 10.5 Å². The van der Waals surface area contributed by atoms with Crippen LogP contribution in [0.3, 0.4) is 0 Å². The molecule has 5 heteroatoms. The van der Waals surface area contributed by atoms with Gasteiger partial charge in [-0.05, 0) is 41.1 Å². The molecule has 1 aromatic rings. The van der Waals surface area contributed by atoms with Gasteiger partial charge in [0.1, 0.15) is 6.10 Å². The van der Waals surface area contributed by atoms with Gasteiger partial charge in [-0.1, -0.05) is 19.8 Å². The summed E-state index contributed by atoms with van der Waals surface area (Å²) in [4.78, 5) is 8.02. The maximum absolute atomic E-state index is 5.92. The quantitative estimate of drug-likeness (QED) is 0.931. The number of hydrogen-bond acceptors (Lipinski definition) is 4. The number of hydrogen-bond donors (Lipinski definition) is 1. The fourth-order valence-electron chi connectivity index (χ4n) is 2.32. The van der Waals surface area contributed by atoms with Gasteiger partial charge < -0.3 is 10.5 Å². The number of aromatic nitrogens is 2. The van der Waals surface area contributed by atoms with Crippen molar-refractivity contribution < 1.29 is 4.74 Å². The van der Waals surface area contributed by atoms with Crippen LogP contribution in [0.1, 0.15) is 39.0 Å². The summed E-state index contributed by atoms with van der Waals surface area (Å²) in [6.07, 6.45) is 7.91.